The summed E-state index contributed by atoms with van der Waals surface area (Å²) < 4.78 is 18.1. The van der Waals surface area contributed by atoms with E-state index >= 15 is 0 Å². The molecule has 3 heteroatoms. The van der Waals surface area contributed by atoms with E-state index in [0.29, 0.717) is 11.5 Å². The Labute approximate surface area is 87.0 Å². The minimum Gasteiger partial charge on any atom is -0.458 e. The summed E-state index contributed by atoms with van der Waals surface area (Å²) in [5, 5.41) is 9.27. The van der Waals surface area contributed by atoms with Crippen LogP contribution in [-0.2, 0) is 0 Å². The van der Waals surface area contributed by atoms with Gasteiger partial charge in [-0.2, -0.15) is 0 Å². The van der Waals surface area contributed by atoms with Crippen molar-refractivity contribution in [3.05, 3.63) is 48.0 Å². The van der Waals surface area contributed by atoms with Gasteiger partial charge in [0.15, 0.2) is 0 Å². The molecule has 15 heavy (non-hydrogen) atoms. The second-order valence-electron chi connectivity index (χ2n) is 3.38. The minimum atomic E-state index is -0.626. The summed E-state index contributed by atoms with van der Waals surface area (Å²) in [5.74, 6) is 0.862. The highest BCUT2D eigenvalue weighted by Gasteiger charge is 2.08. The number of benzene rings is 1. The molecule has 0 unspecified atom stereocenters. The molecule has 0 radical (unpaired) electrons. The summed E-state index contributed by atoms with van der Waals surface area (Å²) >= 11 is 0. The van der Waals surface area contributed by atoms with Crippen LogP contribution in [0, 0.1) is 5.82 Å². The van der Waals surface area contributed by atoms with Crippen molar-refractivity contribution in [3.8, 4) is 11.3 Å². The first-order valence-electron chi connectivity index (χ1n) is 4.70. The van der Waals surface area contributed by atoms with Crippen LogP contribution in [-0.4, -0.2) is 5.11 Å². The Morgan fingerprint density at radius 1 is 1.13 bits per heavy atom. The van der Waals surface area contributed by atoms with Gasteiger partial charge in [0.25, 0.3) is 0 Å². The van der Waals surface area contributed by atoms with E-state index in [2.05, 4.69) is 0 Å². The summed E-state index contributed by atoms with van der Waals surface area (Å²) in [6, 6.07) is 9.50. The van der Waals surface area contributed by atoms with E-state index in [4.69, 9.17) is 4.42 Å². The molecule has 1 aromatic heterocycles. The second kappa shape index (κ2) is 3.87. The van der Waals surface area contributed by atoms with Gasteiger partial charge in [-0.05, 0) is 43.3 Å². The van der Waals surface area contributed by atoms with E-state index in [9.17, 15) is 9.50 Å². The van der Waals surface area contributed by atoms with Crippen LogP contribution in [0.1, 0.15) is 18.8 Å². The molecule has 0 amide bonds. The predicted molar refractivity (Wildman–Crippen MR) is 54.7 cm³/mol. The Morgan fingerprint density at radius 2 is 1.80 bits per heavy atom. The summed E-state index contributed by atoms with van der Waals surface area (Å²) in [4.78, 5) is 0. The third-order valence-electron chi connectivity index (χ3n) is 2.17. The van der Waals surface area contributed by atoms with Crippen LogP contribution < -0.4 is 0 Å². The number of hydrogen-bond acceptors (Lipinski definition) is 2. The highest BCUT2D eigenvalue weighted by molar-refractivity contribution is 5.57. The van der Waals surface area contributed by atoms with Gasteiger partial charge in [0.1, 0.15) is 23.4 Å². The number of rotatable bonds is 2. The molecule has 0 saturated heterocycles. The van der Waals surface area contributed by atoms with Crippen molar-refractivity contribution in [2.75, 3.05) is 0 Å². The standard InChI is InChI=1S/C12H11FO2/c1-8(14)11-6-7-12(15-11)9-2-4-10(13)5-3-9/h2-8,14H,1H3/t8-/m1/s1. The zero-order valence-corrected chi connectivity index (χ0v) is 8.27. The molecule has 1 atom stereocenters. The van der Waals surface area contributed by atoms with Crippen LogP contribution in [0.4, 0.5) is 4.39 Å². The fourth-order valence-electron chi connectivity index (χ4n) is 1.35. The van der Waals surface area contributed by atoms with E-state index in [1.165, 1.54) is 12.1 Å². The van der Waals surface area contributed by atoms with Gasteiger partial charge in [-0.25, -0.2) is 4.39 Å². The third kappa shape index (κ3) is 2.07. The van der Waals surface area contributed by atoms with Crippen molar-refractivity contribution in [2.24, 2.45) is 0 Å². The van der Waals surface area contributed by atoms with E-state index in [0.717, 1.165) is 5.56 Å². The lowest BCUT2D eigenvalue weighted by atomic mass is 10.2. The number of aliphatic hydroxyl groups excluding tert-OH is 1. The topological polar surface area (TPSA) is 33.4 Å². The molecule has 0 fully saturated rings. The maximum Gasteiger partial charge on any atom is 0.134 e. The summed E-state index contributed by atoms with van der Waals surface area (Å²) in [6.45, 7) is 1.63. The smallest absolute Gasteiger partial charge is 0.134 e. The molecule has 0 saturated carbocycles. The molecule has 0 spiro atoms. The Kier molecular flexibility index (Phi) is 2.56. The number of furan rings is 1. The molecule has 2 nitrogen and oxygen atoms in total. The zero-order chi connectivity index (χ0) is 10.8. The van der Waals surface area contributed by atoms with E-state index < -0.39 is 6.10 Å². The van der Waals surface area contributed by atoms with Crippen molar-refractivity contribution < 1.29 is 13.9 Å². The van der Waals surface area contributed by atoms with Crippen LogP contribution in [0.2, 0.25) is 0 Å². The van der Waals surface area contributed by atoms with Gasteiger partial charge < -0.3 is 9.52 Å². The summed E-state index contributed by atoms with van der Waals surface area (Å²) in [7, 11) is 0. The van der Waals surface area contributed by atoms with Crippen molar-refractivity contribution in [3.63, 3.8) is 0 Å². The van der Waals surface area contributed by atoms with Gasteiger partial charge in [-0.15, -0.1) is 0 Å². The van der Waals surface area contributed by atoms with Crippen LogP contribution in [0.5, 0.6) is 0 Å². The van der Waals surface area contributed by atoms with Gasteiger partial charge in [0.2, 0.25) is 0 Å². The van der Waals surface area contributed by atoms with E-state index in [1.54, 1.807) is 31.2 Å². The molecule has 0 bridgehead atoms. The second-order valence-corrected chi connectivity index (χ2v) is 3.38. The monoisotopic (exact) mass is 206 g/mol. The van der Waals surface area contributed by atoms with Gasteiger partial charge in [-0.1, -0.05) is 0 Å². The Morgan fingerprint density at radius 3 is 2.33 bits per heavy atom. The fraction of sp³-hybridized carbons (Fsp3) is 0.167. The lowest BCUT2D eigenvalue weighted by Gasteiger charge is -1.99. The third-order valence-corrected chi connectivity index (χ3v) is 2.17. The first-order valence-corrected chi connectivity index (χ1v) is 4.70. The minimum absolute atomic E-state index is 0.277. The summed E-state index contributed by atoms with van der Waals surface area (Å²) in [6.07, 6.45) is -0.626. The van der Waals surface area contributed by atoms with Gasteiger partial charge in [-0.3, -0.25) is 0 Å². The SMILES string of the molecule is C[C@@H](O)c1ccc(-c2ccc(F)cc2)o1. The molecular formula is C12H11FO2. The average Bonchev–Trinajstić information content (AvgIpc) is 2.68. The lowest BCUT2D eigenvalue weighted by Crippen LogP contribution is -1.85. The first kappa shape index (κ1) is 9.93. The van der Waals surface area contributed by atoms with Crippen LogP contribution >= 0.6 is 0 Å². The molecule has 2 rings (SSSR count). The maximum absolute atomic E-state index is 12.7. The van der Waals surface area contributed by atoms with Crippen molar-refractivity contribution in [1.29, 1.82) is 0 Å². The van der Waals surface area contributed by atoms with Gasteiger partial charge >= 0.3 is 0 Å². The molecule has 0 aliphatic heterocycles. The number of aliphatic hydroxyl groups is 1. The van der Waals surface area contributed by atoms with Crippen LogP contribution in [0.3, 0.4) is 0 Å². The highest BCUT2D eigenvalue weighted by atomic mass is 19.1. The summed E-state index contributed by atoms with van der Waals surface area (Å²) in [5.41, 5.74) is 0.795. The van der Waals surface area contributed by atoms with E-state index in [-0.39, 0.29) is 5.82 Å². The Bertz CT molecular complexity index is 443. The van der Waals surface area contributed by atoms with Crippen molar-refractivity contribution >= 4 is 0 Å². The largest absolute Gasteiger partial charge is 0.458 e. The molecular weight excluding hydrogens is 195 g/mol. The molecule has 0 aliphatic rings. The fourth-order valence-corrected chi connectivity index (χ4v) is 1.35. The maximum atomic E-state index is 12.7. The average molecular weight is 206 g/mol. The van der Waals surface area contributed by atoms with Crippen molar-refractivity contribution in [2.45, 2.75) is 13.0 Å². The molecule has 0 aliphatic carbocycles. The zero-order valence-electron chi connectivity index (χ0n) is 8.27. The van der Waals surface area contributed by atoms with Crippen LogP contribution in [0.15, 0.2) is 40.8 Å². The Balaban J connectivity index is 2.33. The number of hydrogen-bond donors (Lipinski definition) is 1. The molecule has 1 heterocycles. The van der Waals surface area contributed by atoms with E-state index in [1.807, 2.05) is 0 Å². The molecule has 1 N–H and O–H groups in total. The normalized spacial score (nSPS) is 12.7. The Hall–Kier alpha value is -1.61. The molecule has 2 aromatic rings. The molecule has 1 aromatic carbocycles. The van der Waals surface area contributed by atoms with Gasteiger partial charge in [0, 0.05) is 5.56 Å². The lowest BCUT2D eigenvalue weighted by molar-refractivity contribution is 0.170. The van der Waals surface area contributed by atoms with Crippen LogP contribution in [0.25, 0.3) is 11.3 Å². The van der Waals surface area contributed by atoms with Gasteiger partial charge in [0.05, 0.1) is 0 Å². The number of halogens is 1. The first-order chi connectivity index (χ1) is 7.16. The predicted octanol–water partition coefficient (Wildman–Crippen LogP) is 3.14. The quantitative estimate of drug-likeness (QED) is 0.818. The van der Waals surface area contributed by atoms with Crippen molar-refractivity contribution in [1.82, 2.24) is 0 Å². The highest BCUT2D eigenvalue weighted by Crippen LogP contribution is 2.25. The molecule has 78 valence electrons.